The molecule has 0 bridgehead atoms. The summed E-state index contributed by atoms with van der Waals surface area (Å²) >= 11 is 5.81. The number of aromatic nitrogens is 3. The van der Waals surface area contributed by atoms with Crippen molar-refractivity contribution in [2.24, 2.45) is 0 Å². The van der Waals surface area contributed by atoms with Crippen LogP contribution in [0.5, 0.6) is 0 Å². The van der Waals surface area contributed by atoms with Gasteiger partial charge in [-0.2, -0.15) is 5.10 Å². The fourth-order valence-corrected chi connectivity index (χ4v) is 0.994. The van der Waals surface area contributed by atoms with Crippen LogP contribution in [-0.2, 0) is 6.54 Å². The van der Waals surface area contributed by atoms with Gasteiger partial charge in [-0.05, 0) is 13.8 Å². The highest BCUT2D eigenvalue weighted by atomic mass is 35.5. The lowest BCUT2D eigenvalue weighted by Crippen LogP contribution is -2.03. The maximum absolute atomic E-state index is 5.81. The van der Waals surface area contributed by atoms with Crippen LogP contribution in [0.3, 0.4) is 0 Å². The molecule has 56 valence electrons. The van der Waals surface area contributed by atoms with Crippen molar-refractivity contribution in [3.63, 3.8) is 0 Å². The van der Waals surface area contributed by atoms with Gasteiger partial charge in [0.2, 0.25) is 0 Å². The molecule has 0 radical (unpaired) electrons. The van der Waals surface area contributed by atoms with E-state index in [1.807, 2.05) is 13.8 Å². The Morgan fingerprint density at radius 2 is 2.50 bits per heavy atom. The van der Waals surface area contributed by atoms with E-state index in [9.17, 15) is 0 Å². The first-order valence-corrected chi connectivity index (χ1v) is 3.71. The van der Waals surface area contributed by atoms with Crippen LogP contribution in [0.1, 0.15) is 25.0 Å². The van der Waals surface area contributed by atoms with E-state index in [4.69, 9.17) is 11.6 Å². The summed E-state index contributed by atoms with van der Waals surface area (Å²) in [4.78, 5) is 4.01. The van der Waals surface area contributed by atoms with E-state index in [1.165, 1.54) is 6.33 Å². The Bertz CT molecular complexity index is 207. The van der Waals surface area contributed by atoms with Gasteiger partial charge in [0, 0.05) is 6.54 Å². The van der Waals surface area contributed by atoms with E-state index in [0.29, 0.717) is 0 Å². The number of hydrogen-bond donors (Lipinski definition) is 0. The van der Waals surface area contributed by atoms with Crippen molar-refractivity contribution in [3.8, 4) is 0 Å². The normalized spacial score (nSPS) is 13.5. The molecule has 1 heterocycles. The zero-order chi connectivity index (χ0) is 7.56. The minimum absolute atomic E-state index is 0.0533. The van der Waals surface area contributed by atoms with Crippen LogP contribution in [0.15, 0.2) is 6.33 Å². The highest BCUT2D eigenvalue weighted by Crippen LogP contribution is 2.15. The minimum atomic E-state index is -0.0533. The molecule has 10 heavy (non-hydrogen) atoms. The molecule has 4 heteroatoms. The first-order valence-electron chi connectivity index (χ1n) is 3.27. The fourth-order valence-electron chi connectivity index (χ4n) is 0.825. The smallest absolute Gasteiger partial charge is 0.144 e. The molecule has 0 saturated carbocycles. The van der Waals surface area contributed by atoms with Gasteiger partial charge in [0.25, 0.3) is 0 Å². The van der Waals surface area contributed by atoms with Gasteiger partial charge >= 0.3 is 0 Å². The second-order valence-electron chi connectivity index (χ2n) is 2.05. The van der Waals surface area contributed by atoms with Crippen LogP contribution in [-0.4, -0.2) is 14.8 Å². The molecular weight excluding hydrogens is 150 g/mol. The largest absolute Gasteiger partial charge is 0.249 e. The Morgan fingerprint density at radius 1 is 1.80 bits per heavy atom. The summed E-state index contributed by atoms with van der Waals surface area (Å²) in [7, 11) is 0. The molecule has 3 nitrogen and oxygen atoms in total. The van der Waals surface area contributed by atoms with Gasteiger partial charge in [-0.1, -0.05) is 0 Å². The standard InChI is InChI=1S/C6H10ClN3/c1-3-10-6(5(2)7)8-4-9-10/h4-5H,3H2,1-2H3. The molecule has 1 aromatic rings. The predicted molar refractivity (Wildman–Crippen MR) is 40.0 cm³/mol. The number of aryl methyl sites for hydroxylation is 1. The van der Waals surface area contributed by atoms with E-state index in [2.05, 4.69) is 10.1 Å². The number of rotatable bonds is 2. The van der Waals surface area contributed by atoms with Crippen LogP contribution >= 0.6 is 11.6 Å². The van der Waals surface area contributed by atoms with E-state index >= 15 is 0 Å². The highest BCUT2D eigenvalue weighted by molar-refractivity contribution is 6.20. The van der Waals surface area contributed by atoms with Gasteiger partial charge in [-0.3, -0.25) is 0 Å². The Hall–Kier alpha value is -0.570. The molecule has 1 rings (SSSR count). The zero-order valence-corrected chi connectivity index (χ0v) is 6.84. The van der Waals surface area contributed by atoms with E-state index in [-0.39, 0.29) is 5.38 Å². The Balaban J connectivity index is 2.90. The quantitative estimate of drug-likeness (QED) is 0.614. The third-order valence-electron chi connectivity index (χ3n) is 1.30. The summed E-state index contributed by atoms with van der Waals surface area (Å²) in [6.07, 6.45) is 1.53. The van der Waals surface area contributed by atoms with E-state index in [1.54, 1.807) is 4.68 Å². The van der Waals surface area contributed by atoms with Crippen molar-refractivity contribution in [2.45, 2.75) is 25.8 Å². The average molecular weight is 160 g/mol. The van der Waals surface area contributed by atoms with Gasteiger partial charge in [0.15, 0.2) is 0 Å². The lowest BCUT2D eigenvalue weighted by molar-refractivity contribution is 0.615. The Kier molecular flexibility index (Phi) is 2.27. The first-order chi connectivity index (χ1) is 4.75. The molecule has 0 fully saturated rings. The van der Waals surface area contributed by atoms with Crippen molar-refractivity contribution >= 4 is 11.6 Å². The summed E-state index contributed by atoms with van der Waals surface area (Å²) in [5.74, 6) is 0.837. The zero-order valence-electron chi connectivity index (χ0n) is 6.08. The van der Waals surface area contributed by atoms with Gasteiger partial charge in [-0.25, -0.2) is 9.67 Å². The molecule has 0 amide bonds. The number of halogens is 1. The van der Waals surface area contributed by atoms with Crippen molar-refractivity contribution in [1.82, 2.24) is 14.8 Å². The third kappa shape index (κ3) is 1.29. The highest BCUT2D eigenvalue weighted by Gasteiger charge is 2.07. The molecule has 0 spiro atoms. The van der Waals surface area contributed by atoms with Crippen molar-refractivity contribution in [1.29, 1.82) is 0 Å². The lowest BCUT2D eigenvalue weighted by atomic mass is 10.4. The molecule has 0 saturated heterocycles. The summed E-state index contributed by atoms with van der Waals surface area (Å²) in [6.45, 7) is 4.72. The van der Waals surface area contributed by atoms with Crippen LogP contribution in [0.2, 0.25) is 0 Å². The van der Waals surface area contributed by atoms with Crippen LogP contribution in [0.4, 0.5) is 0 Å². The Morgan fingerprint density at radius 3 is 2.90 bits per heavy atom. The number of nitrogens with zero attached hydrogens (tertiary/aromatic N) is 3. The van der Waals surface area contributed by atoms with E-state index < -0.39 is 0 Å². The molecule has 1 unspecified atom stereocenters. The SMILES string of the molecule is CCn1ncnc1C(C)Cl. The summed E-state index contributed by atoms with van der Waals surface area (Å²) in [5.41, 5.74) is 0. The topological polar surface area (TPSA) is 30.7 Å². The van der Waals surface area contributed by atoms with Crippen molar-refractivity contribution in [2.75, 3.05) is 0 Å². The predicted octanol–water partition coefficient (Wildman–Crippen LogP) is 1.60. The number of alkyl halides is 1. The summed E-state index contributed by atoms with van der Waals surface area (Å²) in [5, 5.41) is 3.92. The summed E-state index contributed by atoms with van der Waals surface area (Å²) < 4.78 is 1.79. The minimum Gasteiger partial charge on any atom is -0.249 e. The maximum atomic E-state index is 5.81. The number of hydrogen-bond acceptors (Lipinski definition) is 2. The van der Waals surface area contributed by atoms with E-state index in [0.717, 1.165) is 12.4 Å². The average Bonchev–Trinajstić information content (AvgIpc) is 2.33. The molecule has 0 aromatic carbocycles. The molecule has 0 N–H and O–H groups in total. The van der Waals surface area contributed by atoms with Crippen LogP contribution in [0, 0.1) is 0 Å². The molecule has 0 aliphatic heterocycles. The van der Waals surface area contributed by atoms with Crippen LogP contribution in [0.25, 0.3) is 0 Å². The van der Waals surface area contributed by atoms with Gasteiger partial charge < -0.3 is 0 Å². The van der Waals surface area contributed by atoms with Crippen molar-refractivity contribution in [3.05, 3.63) is 12.2 Å². The maximum Gasteiger partial charge on any atom is 0.144 e. The van der Waals surface area contributed by atoms with Gasteiger partial charge in [-0.15, -0.1) is 11.6 Å². The lowest BCUT2D eigenvalue weighted by Gasteiger charge is -2.02. The third-order valence-corrected chi connectivity index (χ3v) is 1.50. The monoisotopic (exact) mass is 159 g/mol. The second-order valence-corrected chi connectivity index (χ2v) is 2.70. The molecule has 1 atom stereocenters. The van der Waals surface area contributed by atoms with Gasteiger partial charge in [0.05, 0.1) is 5.38 Å². The molecule has 0 aliphatic rings. The molecular formula is C6H10ClN3. The first kappa shape index (κ1) is 7.54. The van der Waals surface area contributed by atoms with Crippen molar-refractivity contribution < 1.29 is 0 Å². The molecule has 0 aliphatic carbocycles. The van der Waals surface area contributed by atoms with Gasteiger partial charge in [0.1, 0.15) is 12.2 Å². The Labute approximate surface area is 65.0 Å². The summed E-state index contributed by atoms with van der Waals surface area (Å²) in [6, 6.07) is 0. The second kappa shape index (κ2) is 3.01. The van der Waals surface area contributed by atoms with Crippen LogP contribution < -0.4 is 0 Å². The molecule has 1 aromatic heterocycles. The fraction of sp³-hybridized carbons (Fsp3) is 0.667.